The molecule has 20 heavy (non-hydrogen) atoms. The van der Waals surface area contributed by atoms with Crippen LogP contribution in [0, 0.1) is 0 Å². The Hall–Kier alpha value is -1.89. The molecule has 0 unspecified atom stereocenters. The number of carboxylic acids is 1. The van der Waals surface area contributed by atoms with Gasteiger partial charge in [-0.2, -0.15) is 0 Å². The summed E-state index contributed by atoms with van der Waals surface area (Å²) in [4.78, 5) is 23.1. The van der Waals surface area contributed by atoms with Crippen LogP contribution in [-0.2, 0) is 9.84 Å². The number of carbonyl (C=O) groups is 2. The van der Waals surface area contributed by atoms with E-state index in [1.165, 1.54) is 24.3 Å². The molecule has 1 heterocycles. The molecule has 1 aliphatic heterocycles. The number of hydrogen-bond acceptors (Lipinski definition) is 5. The predicted molar refractivity (Wildman–Crippen MR) is 69.9 cm³/mol. The number of carbonyl (C=O) groups excluding carboxylic acids is 2. The lowest BCUT2D eigenvalue weighted by molar-refractivity contribution is -0.255. The molecule has 1 aliphatic rings. The molecule has 1 aromatic carbocycles. The maximum Gasteiger partial charge on any atom is 0.252 e. The van der Waals surface area contributed by atoms with Crippen molar-refractivity contribution in [3.8, 4) is 0 Å². The highest BCUT2D eigenvalue weighted by molar-refractivity contribution is 7.91. The summed E-state index contributed by atoms with van der Waals surface area (Å²) in [6.45, 7) is 1.64. The van der Waals surface area contributed by atoms with E-state index >= 15 is 0 Å². The molecule has 0 saturated carbocycles. The third-order valence-electron chi connectivity index (χ3n) is 3.31. The van der Waals surface area contributed by atoms with E-state index in [0.717, 1.165) is 0 Å². The van der Waals surface area contributed by atoms with E-state index < -0.39 is 27.3 Å². The largest absolute Gasteiger partial charge is 0.545 e. The predicted octanol–water partition coefficient (Wildman–Crippen LogP) is -0.643. The van der Waals surface area contributed by atoms with Crippen molar-refractivity contribution in [2.45, 2.75) is 18.9 Å². The zero-order valence-corrected chi connectivity index (χ0v) is 11.7. The first-order valence-electron chi connectivity index (χ1n) is 6.06. The monoisotopic (exact) mass is 296 g/mol. The van der Waals surface area contributed by atoms with Crippen molar-refractivity contribution in [3.63, 3.8) is 0 Å². The van der Waals surface area contributed by atoms with Gasteiger partial charge in [0.25, 0.3) is 5.91 Å². The number of sulfone groups is 1. The fourth-order valence-electron chi connectivity index (χ4n) is 2.31. The van der Waals surface area contributed by atoms with Crippen LogP contribution in [-0.4, -0.2) is 37.3 Å². The lowest BCUT2D eigenvalue weighted by atomic mass is 10.00. The third-order valence-corrected chi connectivity index (χ3v) is 5.21. The summed E-state index contributed by atoms with van der Waals surface area (Å²) in [6, 6.07) is 5.67. The topological polar surface area (TPSA) is 103 Å². The minimum absolute atomic E-state index is 0.0198. The molecular formula is C13H14NO5S-. The summed E-state index contributed by atoms with van der Waals surface area (Å²) in [6.07, 6.45) is 0.314. The van der Waals surface area contributed by atoms with E-state index in [4.69, 9.17) is 0 Å². The highest BCUT2D eigenvalue weighted by Crippen LogP contribution is 2.23. The first kappa shape index (κ1) is 14.5. The van der Waals surface area contributed by atoms with Crippen molar-refractivity contribution in [3.05, 3.63) is 35.4 Å². The van der Waals surface area contributed by atoms with Gasteiger partial charge in [-0.25, -0.2) is 8.42 Å². The van der Waals surface area contributed by atoms with Crippen LogP contribution in [0.3, 0.4) is 0 Å². The van der Waals surface area contributed by atoms with Gasteiger partial charge in [0.2, 0.25) is 0 Å². The van der Waals surface area contributed by atoms with E-state index in [-0.39, 0.29) is 22.6 Å². The second-order valence-electron chi connectivity index (χ2n) is 5.19. The number of aromatic carboxylic acids is 1. The average molecular weight is 296 g/mol. The normalized spacial score (nSPS) is 24.2. The average Bonchev–Trinajstić information content (AvgIpc) is 2.63. The first-order valence-corrected chi connectivity index (χ1v) is 7.88. The number of benzene rings is 1. The van der Waals surface area contributed by atoms with E-state index in [2.05, 4.69) is 5.32 Å². The molecule has 2 rings (SSSR count). The summed E-state index contributed by atoms with van der Waals surface area (Å²) in [7, 11) is -3.15. The Morgan fingerprint density at radius 1 is 1.25 bits per heavy atom. The van der Waals surface area contributed by atoms with Crippen LogP contribution in [0.4, 0.5) is 0 Å². The molecule has 0 aromatic heterocycles. The van der Waals surface area contributed by atoms with Gasteiger partial charge in [-0.05, 0) is 19.4 Å². The van der Waals surface area contributed by atoms with Gasteiger partial charge in [0.15, 0.2) is 9.84 Å². The molecular weight excluding hydrogens is 282 g/mol. The van der Waals surface area contributed by atoms with Crippen LogP contribution in [0.25, 0.3) is 0 Å². The molecule has 1 aromatic rings. The van der Waals surface area contributed by atoms with Gasteiger partial charge >= 0.3 is 0 Å². The number of carboxylic acid groups (broad SMARTS) is 1. The van der Waals surface area contributed by atoms with Gasteiger partial charge in [0.1, 0.15) is 0 Å². The fraction of sp³-hybridized carbons (Fsp3) is 0.385. The van der Waals surface area contributed by atoms with E-state index in [1.807, 2.05) is 0 Å². The molecule has 0 bridgehead atoms. The van der Waals surface area contributed by atoms with Gasteiger partial charge in [0, 0.05) is 11.1 Å². The Labute approximate surface area is 116 Å². The Morgan fingerprint density at radius 3 is 2.35 bits per heavy atom. The van der Waals surface area contributed by atoms with Gasteiger partial charge in [-0.1, -0.05) is 18.2 Å². The number of nitrogens with one attached hydrogen (secondary N) is 1. The third kappa shape index (κ3) is 2.98. The second kappa shape index (κ2) is 4.90. The van der Waals surface area contributed by atoms with E-state index in [0.29, 0.717) is 6.42 Å². The van der Waals surface area contributed by atoms with Crippen LogP contribution >= 0.6 is 0 Å². The minimum Gasteiger partial charge on any atom is -0.545 e. The van der Waals surface area contributed by atoms with E-state index in [1.54, 1.807) is 6.92 Å². The SMILES string of the molecule is C[C@]1(NC(=O)c2ccccc2C(=O)[O-])CCS(=O)(=O)C1. The molecule has 0 aliphatic carbocycles. The standard InChI is InChI=1S/C13H15NO5S/c1-13(6-7-20(18,19)8-13)14-11(15)9-4-2-3-5-10(9)12(16)17/h2-5H,6-8H2,1H3,(H,14,15)(H,16,17)/p-1/t13-/m0/s1. The quantitative estimate of drug-likeness (QED) is 0.799. The van der Waals surface area contributed by atoms with E-state index in [9.17, 15) is 23.1 Å². The maximum atomic E-state index is 12.1. The van der Waals surface area contributed by atoms with Crippen LogP contribution in [0.2, 0.25) is 0 Å². The molecule has 7 heteroatoms. The lowest BCUT2D eigenvalue weighted by Gasteiger charge is -2.24. The zero-order valence-electron chi connectivity index (χ0n) is 10.9. The van der Waals surface area contributed by atoms with Crippen molar-refractivity contribution in [2.75, 3.05) is 11.5 Å². The van der Waals surface area contributed by atoms with Gasteiger partial charge in [-0.3, -0.25) is 4.79 Å². The summed E-state index contributed by atoms with van der Waals surface area (Å²) in [5, 5.41) is 13.6. The van der Waals surface area contributed by atoms with Gasteiger partial charge in [-0.15, -0.1) is 0 Å². The zero-order chi connectivity index (χ0) is 15.0. The minimum atomic E-state index is -3.15. The first-order chi connectivity index (χ1) is 9.22. The van der Waals surface area contributed by atoms with Crippen molar-refractivity contribution >= 4 is 21.7 Å². The number of rotatable bonds is 3. The smallest absolute Gasteiger partial charge is 0.252 e. The Kier molecular flexibility index (Phi) is 3.56. The van der Waals surface area contributed by atoms with Crippen LogP contribution < -0.4 is 10.4 Å². The molecule has 1 atom stereocenters. The number of amides is 1. The number of hydrogen-bond donors (Lipinski definition) is 1. The second-order valence-corrected chi connectivity index (χ2v) is 7.37. The van der Waals surface area contributed by atoms with Gasteiger partial charge < -0.3 is 15.2 Å². The van der Waals surface area contributed by atoms with Crippen molar-refractivity contribution in [1.29, 1.82) is 0 Å². The molecule has 1 fully saturated rings. The van der Waals surface area contributed by atoms with Gasteiger partial charge in [0.05, 0.1) is 23.0 Å². The molecule has 108 valence electrons. The molecule has 0 radical (unpaired) electrons. The van der Waals surface area contributed by atoms with Crippen LogP contribution in [0.5, 0.6) is 0 Å². The highest BCUT2D eigenvalue weighted by atomic mass is 32.2. The molecule has 1 amide bonds. The summed E-state index contributed by atoms with van der Waals surface area (Å²) in [5.74, 6) is -2.17. The summed E-state index contributed by atoms with van der Waals surface area (Å²) >= 11 is 0. The Morgan fingerprint density at radius 2 is 1.85 bits per heavy atom. The summed E-state index contributed by atoms with van der Waals surface area (Å²) in [5.41, 5.74) is -1.11. The van der Waals surface area contributed by atoms with Crippen molar-refractivity contribution in [2.24, 2.45) is 0 Å². The molecule has 1 saturated heterocycles. The maximum absolute atomic E-state index is 12.1. The molecule has 6 nitrogen and oxygen atoms in total. The Bertz CT molecular complexity index is 667. The fourth-order valence-corrected chi connectivity index (χ4v) is 4.40. The molecule has 1 N–H and O–H groups in total. The van der Waals surface area contributed by atoms with Crippen LogP contribution in [0.15, 0.2) is 24.3 Å². The lowest BCUT2D eigenvalue weighted by Crippen LogP contribution is -2.47. The van der Waals surface area contributed by atoms with Crippen molar-refractivity contribution < 1.29 is 23.1 Å². The van der Waals surface area contributed by atoms with Crippen LogP contribution in [0.1, 0.15) is 34.1 Å². The highest BCUT2D eigenvalue weighted by Gasteiger charge is 2.39. The summed E-state index contributed by atoms with van der Waals surface area (Å²) < 4.78 is 23.0. The van der Waals surface area contributed by atoms with Crippen molar-refractivity contribution in [1.82, 2.24) is 5.32 Å². The molecule has 0 spiro atoms. The Balaban J connectivity index is 2.24.